The molecule has 0 unspecified atom stereocenters. The van der Waals surface area contributed by atoms with Gasteiger partial charge in [0, 0.05) is 17.4 Å². The summed E-state index contributed by atoms with van der Waals surface area (Å²) in [6, 6.07) is 10.1. The van der Waals surface area contributed by atoms with Crippen LogP contribution in [-0.4, -0.2) is 10.9 Å². The zero-order chi connectivity index (χ0) is 22.0. The molecule has 0 aliphatic rings. The zero-order valence-corrected chi connectivity index (χ0v) is 20.4. The number of amides is 1. The lowest BCUT2D eigenvalue weighted by Gasteiger charge is -2.04. The summed E-state index contributed by atoms with van der Waals surface area (Å²) in [5.74, 6) is 0.0867. The smallest absolute Gasteiger partial charge is 0.226 e. The third-order valence-electron chi connectivity index (χ3n) is 5.83. The molecular formula is C27H42N2OS. The molecule has 31 heavy (non-hydrogen) atoms. The molecule has 1 aromatic carbocycles. The Morgan fingerprint density at radius 2 is 1.29 bits per heavy atom. The van der Waals surface area contributed by atoms with Gasteiger partial charge in [-0.05, 0) is 6.42 Å². The van der Waals surface area contributed by atoms with E-state index in [-0.39, 0.29) is 5.91 Å². The molecule has 0 saturated carbocycles. The molecule has 2 rings (SSSR count). The van der Waals surface area contributed by atoms with Crippen LogP contribution in [0.2, 0.25) is 0 Å². The number of hydrogen-bond acceptors (Lipinski definition) is 3. The Kier molecular flexibility index (Phi) is 14.0. The van der Waals surface area contributed by atoms with Crippen LogP contribution >= 0.6 is 11.3 Å². The number of rotatable bonds is 18. The minimum atomic E-state index is 0.0867. The molecule has 0 atom stereocenters. The summed E-state index contributed by atoms with van der Waals surface area (Å²) in [6.07, 6.45) is 20.7. The third kappa shape index (κ3) is 12.1. The first-order valence-corrected chi connectivity index (χ1v) is 13.5. The first-order valence-electron chi connectivity index (χ1n) is 12.6. The van der Waals surface area contributed by atoms with Crippen LogP contribution in [0.4, 0.5) is 5.13 Å². The van der Waals surface area contributed by atoms with Crippen LogP contribution in [0.3, 0.4) is 0 Å². The predicted octanol–water partition coefficient (Wildman–Crippen LogP) is 9.01. The molecule has 3 nitrogen and oxygen atoms in total. The van der Waals surface area contributed by atoms with Crippen molar-refractivity contribution >= 4 is 22.4 Å². The van der Waals surface area contributed by atoms with E-state index in [2.05, 4.69) is 17.2 Å². The second kappa shape index (κ2) is 16.9. The lowest BCUT2D eigenvalue weighted by atomic mass is 10.0. The number of thiazole rings is 1. The Bertz CT molecular complexity index is 698. The van der Waals surface area contributed by atoms with Crippen molar-refractivity contribution in [3.63, 3.8) is 0 Å². The number of aromatic nitrogens is 1. The Morgan fingerprint density at radius 1 is 0.774 bits per heavy atom. The van der Waals surface area contributed by atoms with Crippen LogP contribution in [0, 0.1) is 0 Å². The maximum absolute atomic E-state index is 12.1. The van der Waals surface area contributed by atoms with Gasteiger partial charge in [-0.1, -0.05) is 127 Å². The number of carbonyl (C=O) groups is 1. The Labute approximate surface area is 194 Å². The van der Waals surface area contributed by atoms with Crippen LogP contribution in [-0.2, 0) is 4.79 Å². The van der Waals surface area contributed by atoms with Crippen molar-refractivity contribution in [2.75, 3.05) is 5.32 Å². The summed E-state index contributed by atoms with van der Waals surface area (Å²) in [5, 5.41) is 5.65. The second-order valence-electron chi connectivity index (χ2n) is 8.65. The highest BCUT2D eigenvalue weighted by molar-refractivity contribution is 7.14. The molecule has 0 radical (unpaired) electrons. The van der Waals surface area contributed by atoms with Crippen molar-refractivity contribution in [2.45, 2.75) is 110 Å². The monoisotopic (exact) mass is 442 g/mol. The van der Waals surface area contributed by atoms with Gasteiger partial charge >= 0.3 is 0 Å². The second-order valence-corrected chi connectivity index (χ2v) is 9.51. The van der Waals surface area contributed by atoms with Crippen molar-refractivity contribution in [1.29, 1.82) is 0 Å². The molecule has 0 aliphatic heterocycles. The highest BCUT2D eigenvalue weighted by Crippen LogP contribution is 2.24. The molecular weight excluding hydrogens is 400 g/mol. The molecule has 172 valence electrons. The topological polar surface area (TPSA) is 42.0 Å². The van der Waals surface area contributed by atoms with Crippen LogP contribution in [0.5, 0.6) is 0 Å². The molecule has 0 saturated heterocycles. The maximum atomic E-state index is 12.1. The molecule has 1 aromatic heterocycles. The minimum Gasteiger partial charge on any atom is -0.302 e. The quantitative estimate of drug-likeness (QED) is 0.234. The molecule has 0 bridgehead atoms. The normalized spacial score (nSPS) is 11.0. The first kappa shape index (κ1) is 25.6. The van der Waals surface area contributed by atoms with E-state index in [4.69, 9.17) is 0 Å². The number of benzene rings is 1. The Morgan fingerprint density at radius 3 is 1.84 bits per heavy atom. The number of anilines is 1. The third-order valence-corrected chi connectivity index (χ3v) is 6.59. The zero-order valence-electron chi connectivity index (χ0n) is 19.5. The standard InChI is InChI=1S/C27H42N2OS/c1-2-3-4-5-6-7-8-9-10-11-12-13-14-15-19-22-26(30)29-27-28-25(23-31-27)24-20-17-16-18-21-24/h16-18,20-21,23H,2-15,19,22H2,1H3,(H,28,29,30). The van der Waals surface area contributed by atoms with Crippen molar-refractivity contribution in [2.24, 2.45) is 0 Å². The average molecular weight is 443 g/mol. The molecule has 2 aromatic rings. The van der Waals surface area contributed by atoms with E-state index in [0.29, 0.717) is 11.6 Å². The van der Waals surface area contributed by atoms with E-state index in [1.54, 1.807) is 0 Å². The molecule has 0 fully saturated rings. The van der Waals surface area contributed by atoms with E-state index < -0.39 is 0 Å². The van der Waals surface area contributed by atoms with Crippen LogP contribution in [0.1, 0.15) is 110 Å². The van der Waals surface area contributed by atoms with E-state index in [0.717, 1.165) is 24.1 Å². The van der Waals surface area contributed by atoms with Crippen molar-refractivity contribution in [3.05, 3.63) is 35.7 Å². The summed E-state index contributed by atoms with van der Waals surface area (Å²) < 4.78 is 0. The average Bonchev–Trinajstić information content (AvgIpc) is 3.25. The summed E-state index contributed by atoms with van der Waals surface area (Å²) >= 11 is 1.49. The molecule has 0 aliphatic carbocycles. The van der Waals surface area contributed by atoms with Gasteiger partial charge in [0.25, 0.3) is 0 Å². The fourth-order valence-electron chi connectivity index (χ4n) is 3.91. The lowest BCUT2D eigenvalue weighted by Crippen LogP contribution is -2.10. The largest absolute Gasteiger partial charge is 0.302 e. The van der Waals surface area contributed by atoms with Gasteiger partial charge in [0.2, 0.25) is 5.91 Å². The van der Waals surface area contributed by atoms with Gasteiger partial charge in [0.05, 0.1) is 5.69 Å². The van der Waals surface area contributed by atoms with Crippen molar-refractivity contribution < 1.29 is 4.79 Å². The minimum absolute atomic E-state index is 0.0867. The first-order chi connectivity index (χ1) is 15.3. The van der Waals surface area contributed by atoms with Crippen molar-refractivity contribution in [1.82, 2.24) is 4.98 Å². The van der Waals surface area contributed by atoms with Gasteiger partial charge in [-0.15, -0.1) is 11.3 Å². The number of nitrogens with one attached hydrogen (secondary N) is 1. The van der Waals surface area contributed by atoms with Gasteiger partial charge in [-0.2, -0.15) is 0 Å². The summed E-state index contributed by atoms with van der Waals surface area (Å²) in [4.78, 5) is 16.7. The van der Waals surface area contributed by atoms with Crippen molar-refractivity contribution in [3.8, 4) is 11.3 Å². The Balaban J connectivity index is 1.39. The highest BCUT2D eigenvalue weighted by atomic mass is 32.1. The maximum Gasteiger partial charge on any atom is 0.226 e. The molecule has 1 heterocycles. The molecule has 4 heteroatoms. The number of hydrogen-bond donors (Lipinski definition) is 1. The van der Waals surface area contributed by atoms with Crippen LogP contribution in [0.25, 0.3) is 11.3 Å². The van der Waals surface area contributed by atoms with Gasteiger partial charge in [0.1, 0.15) is 0 Å². The van der Waals surface area contributed by atoms with Crippen LogP contribution in [0.15, 0.2) is 35.7 Å². The van der Waals surface area contributed by atoms with E-state index in [1.165, 1.54) is 94.8 Å². The summed E-state index contributed by atoms with van der Waals surface area (Å²) in [6.45, 7) is 2.28. The van der Waals surface area contributed by atoms with E-state index >= 15 is 0 Å². The van der Waals surface area contributed by atoms with Gasteiger partial charge < -0.3 is 5.32 Å². The van der Waals surface area contributed by atoms with Gasteiger partial charge in [-0.3, -0.25) is 4.79 Å². The SMILES string of the molecule is CCCCCCCCCCCCCCCCCC(=O)Nc1nc(-c2ccccc2)cs1. The summed E-state index contributed by atoms with van der Waals surface area (Å²) in [7, 11) is 0. The van der Waals surface area contributed by atoms with Gasteiger partial charge in [-0.25, -0.2) is 4.98 Å². The molecule has 1 amide bonds. The fourth-order valence-corrected chi connectivity index (χ4v) is 4.65. The lowest BCUT2D eigenvalue weighted by molar-refractivity contribution is -0.116. The van der Waals surface area contributed by atoms with Gasteiger partial charge in [0.15, 0.2) is 5.13 Å². The fraction of sp³-hybridized carbons (Fsp3) is 0.630. The number of nitrogens with zero attached hydrogens (tertiary/aromatic N) is 1. The van der Waals surface area contributed by atoms with E-state index in [1.807, 2.05) is 35.7 Å². The summed E-state index contributed by atoms with van der Waals surface area (Å²) in [5.41, 5.74) is 2.01. The van der Waals surface area contributed by atoms with Crippen LogP contribution < -0.4 is 5.32 Å². The molecule has 1 N–H and O–H groups in total. The van der Waals surface area contributed by atoms with E-state index in [9.17, 15) is 4.79 Å². The molecule has 0 spiro atoms. The highest BCUT2D eigenvalue weighted by Gasteiger charge is 2.07. The number of unbranched alkanes of at least 4 members (excludes halogenated alkanes) is 14. The Hall–Kier alpha value is -1.68. The predicted molar refractivity (Wildman–Crippen MR) is 136 cm³/mol. The number of carbonyl (C=O) groups excluding carboxylic acids is 1.